The summed E-state index contributed by atoms with van der Waals surface area (Å²) in [6, 6.07) is 19.5. The SMILES string of the molecule is O=C(COc1ccccc1[N+](=O)[O-])OCc1cccc2ccccc12. The van der Waals surface area contributed by atoms with Gasteiger partial charge in [-0.1, -0.05) is 54.6 Å². The van der Waals surface area contributed by atoms with Crippen molar-refractivity contribution in [1.82, 2.24) is 0 Å². The predicted octanol–water partition coefficient (Wildman–Crippen LogP) is 3.87. The molecule has 6 heteroatoms. The summed E-state index contributed by atoms with van der Waals surface area (Å²) in [4.78, 5) is 22.2. The summed E-state index contributed by atoms with van der Waals surface area (Å²) in [6.07, 6.45) is 0. The van der Waals surface area contributed by atoms with Crippen molar-refractivity contribution in [3.8, 4) is 5.75 Å². The number of fused-ring (bicyclic) bond motifs is 1. The topological polar surface area (TPSA) is 78.7 Å². The minimum atomic E-state index is -0.592. The maximum atomic E-state index is 11.9. The molecule has 0 bridgehead atoms. The van der Waals surface area contributed by atoms with Crippen LogP contribution in [-0.4, -0.2) is 17.5 Å². The molecule has 0 saturated carbocycles. The quantitative estimate of drug-likeness (QED) is 0.387. The molecule has 3 rings (SSSR count). The molecule has 0 aliphatic heterocycles. The van der Waals surface area contributed by atoms with Gasteiger partial charge in [0.2, 0.25) is 0 Å². The minimum absolute atomic E-state index is 0.0367. The third kappa shape index (κ3) is 3.92. The fourth-order valence-corrected chi connectivity index (χ4v) is 2.48. The third-order valence-electron chi connectivity index (χ3n) is 3.68. The first-order valence-electron chi connectivity index (χ1n) is 7.63. The van der Waals surface area contributed by atoms with Crippen molar-refractivity contribution < 1.29 is 19.2 Å². The molecule has 0 spiro atoms. The van der Waals surface area contributed by atoms with E-state index in [1.54, 1.807) is 6.07 Å². The number of hydrogen-bond donors (Lipinski definition) is 0. The first-order chi connectivity index (χ1) is 12.1. The maximum Gasteiger partial charge on any atom is 0.344 e. The lowest BCUT2D eigenvalue weighted by Gasteiger charge is -2.09. The number of esters is 1. The van der Waals surface area contributed by atoms with E-state index in [4.69, 9.17) is 9.47 Å². The molecule has 0 aliphatic carbocycles. The molecule has 0 radical (unpaired) electrons. The zero-order valence-electron chi connectivity index (χ0n) is 13.3. The Hall–Kier alpha value is -3.41. The van der Waals surface area contributed by atoms with Gasteiger partial charge in [0.05, 0.1) is 4.92 Å². The van der Waals surface area contributed by atoms with Crippen LogP contribution in [-0.2, 0) is 16.1 Å². The average molecular weight is 337 g/mol. The van der Waals surface area contributed by atoms with Gasteiger partial charge >= 0.3 is 11.7 Å². The summed E-state index contributed by atoms with van der Waals surface area (Å²) in [6.45, 7) is -0.282. The lowest BCUT2D eigenvalue weighted by atomic mass is 10.1. The molecule has 25 heavy (non-hydrogen) atoms. The van der Waals surface area contributed by atoms with Crippen LogP contribution in [0.1, 0.15) is 5.56 Å². The van der Waals surface area contributed by atoms with Crippen LogP contribution in [0.25, 0.3) is 10.8 Å². The Balaban J connectivity index is 1.61. The Bertz CT molecular complexity index is 917. The van der Waals surface area contributed by atoms with Crippen molar-refractivity contribution in [3.63, 3.8) is 0 Å². The molecule has 0 amide bonds. The van der Waals surface area contributed by atoms with Gasteiger partial charge in [-0.3, -0.25) is 10.1 Å². The number of carbonyl (C=O) groups is 1. The molecule has 0 heterocycles. The van der Waals surface area contributed by atoms with Crippen LogP contribution in [0, 0.1) is 10.1 Å². The maximum absolute atomic E-state index is 11.9. The molecule has 3 aromatic rings. The number of benzene rings is 3. The second-order valence-electron chi connectivity index (χ2n) is 5.31. The van der Waals surface area contributed by atoms with E-state index in [1.165, 1.54) is 18.2 Å². The summed E-state index contributed by atoms with van der Waals surface area (Å²) in [5.41, 5.74) is 0.696. The molecular formula is C19H15NO5. The van der Waals surface area contributed by atoms with E-state index in [2.05, 4.69) is 0 Å². The average Bonchev–Trinajstić information content (AvgIpc) is 2.64. The van der Waals surface area contributed by atoms with Crippen molar-refractivity contribution in [2.75, 3.05) is 6.61 Å². The van der Waals surface area contributed by atoms with Gasteiger partial charge in [-0.15, -0.1) is 0 Å². The van der Waals surface area contributed by atoms with Crippen LogP contribution in [0.5, 0.6) is 5.75 Å². The smallest absolute Gasteiger partial charge is 0.344 e. The van der Waals surface area contributed by atoms with Gasteiger partial charge in [0.25, 0.3) is 0 Å². The number of nitro benzene ring substituents is 1. The summed E-state index contributed by atoms with van der Waals surface area (Å²) in [5.74, 6) is -0.555. The highest BCUT2D eigenvalue weighted by atomic mass is 16.6. The molecule has 0 aliphatic rings. The lowest BCUT2D eigenvalue weighted by molar-refractivity contribution is -0.385. The first-order valence-corrected chi connectivity index (χ1v) is 7.63. The van der Waals surface area contributed by atoms with Crippen LogP contribution < -0.4 is 4.74 Å². The summed E-state index contributed by atoms with van der Waals surface area (Å²) < 4.78 is 10.4. The largest absolute Gasteiger partial charge is 0.475 e. The number of ether oxygens (including phenoxy) is 2. The van der Waals surface area contributed by atoms with Crippen LogP contribution >= 0.6 is 0 Å². The molecule has 6 nitrogen and oxygen atoms in total. The molecule has 3 aromatic carbocycles. The van der Waals surface area contributed by atoms with E-state index in [-0.39, 0.29) is 18.0 Å². The van der Waals surface area contributed by atoms with Gasteiger partial charge in [-0.05, 0) is 22.4 Å². The molecule has 0 N–H and O–H groups in total. The summed E-state index contributed by atoms with van der Waals surface area (Å²) in [5, 5.41) is 13.0. The normalized spacial score (nSPS) is 10.4. The molecular weight excluding hydrogens is 322 g/mol. The van der Waals surface area contributed by atoms with E-state index < -0.39 is 17.5 Å². The molecule has 0 aromatic heterocycles. The lowest BCUT2D eigenvalue weighted by Crippen LogP contribution is -2.15. The summed E-state index contributed by atoms with van der Waals surface area (Å²) in [7, 11) is 0. The molecule has 0 fully saturated rings. The molecule has 126 valence electrons. The van der Waals surface area contributed by atoms with Crippen molar-refractivity contribution >= 4 is 22.4 Å². The van der Waals surface area contributed by atoms with Gasteiger partial charge in [0, 0.05) is 6.07 Å². The van der Waals surface area contributed by atoms with Crippen LogP contribution in [0.2, 0.25) is 0 Å². The second kappa shape index (κ2) is 7.44. The fourth-order valence-electron chi connectivity index (χ4n) is 2.48. The first kappa shape index (κ1) is 16.4. The number of hydrogen-bond acceptors (Lipinski definition) is 5. The molecule has 0 saturated heterocycles. The van der Waals surface area contributed by atoms with Crippen molar-refractivity contribution in [3.05, 3.63) is 82.4 Å². The van der Waals surface area contributed by atoms with Crippen LogP contribution in [0.4, 0.5) is 5.69 Å². The molecule has 0 unspecified atom stereocenters. The second-order valence-corrected chi connectivity index (χ2v) is 5.31. The van der Waals surface area contributed by atoms with E-state index in [0.29, 0.717) is 0 Å². The zero-order chi connectivity index (χ0) is 17.6. The number of para-hydroxylation sites is 2. The van der Waals surface area contributed by atoms with Gasteiger partial charge < -0.3 is 9.47 Å². The zero-order valence-corrected chi connectivity index (χ0v) is 13.3. The van der Waals surface area contributed by atoms with Gasteiger partial charge in [0.15, 0.2) is 12.4 Å². The Labute approximate surface area is 143 Å². The van der Waals surface area contributed by atoms with Crippen molar-refractivity contribution in [2.24, 2.45) is 0 Å². The molecule has 0 atom stereocenters. The predicted molar refractivity (Wildman–Crippen MR) is 92.3 cm³/mol. The Morgan fingerprint density at radius 2 is 1.68 bits per heavy atom. The van der Waals surface area contributed by atoms with E-state index >= 15 is 0 Å². The van der Waals surface area contributed by atoms with Crippen LogP contribution in [0.3, 0.4) is 0 Å². The minimum Gasteiger partial charge on any atom is -0.475 e. The third-order valence-corrected chi connectivity index (χ3v) is 3.68. The number of carbonyl (C=O) groups excluding carboxylic acids is 1. The van der Waals surface area contributed by atoms with Gasteiger partial charge in [0.1, 0.15) is 6.61 Å². The highest BCUT2D eigenvalue weighted by Crippen LogP contribution is 2.25. The van der Waals surface area contributed by atoms with E-state index in [9.17, 15) is 14.9 Å². The number of nitrogens with zero attached hydrogens (tertiary/aromatic N) is 1. The number of rotatable bonds is 6. The Morgan fingerprint density at radius 3 is 2.52 bits per heavy atom. The standard InChI is InChI=1S/C19H15NO5/c21-19(13-24-18-11-4-3-10-17(18)20(22)23)25-12-15-8-5-7-14-6-1-2-9-16(14)15/h1-11H,12-13H2. The van der Waals surface area contributed by atoms with Crippen LogP contribution in [0.15, 0.2) is 66.7 Å². The van der Waals surface area contributed by atoms with E-state index in [1.807, 2.05) is 42.5 Å². The van der Waals surface area contributed by atoms with Gasteiger partial charge in [-0.25, -0.2) is 4.79 Å². The summed E-state index contributed by atoms with van der Waals surface area (Å²) >= 11 is 0. The van der Waals surface area contributed by atoms with Crippen molar-refractivity contribution in [2.45, 2.75) is 6.61 Å². The van der Waals surface area contributed by atoms with Crippen molar-refractivity contribution in [1.29, 1.82) is 0 Å². The monoisotopic (exact) mass is 337 g/mol. The highest BCUT2D eigenvalue weighted by Gasteiger charge is 2.15. The highest BCUT2D eigenvalue weighted by molar-refractivity contribution is 5.85. The van der Waals surface area contributed by atoms with Gasteiger partial charge in [-0.2, -0.15) is 0 Å². The van der Waals surface area contributed by atoms with E-state index in [0.717, 1.165) is 16.3 Å². The number of nitro groups is 1. The fraction of sp³-hybridized carbons (Fsp3) is 0.105. The Morgan fingerprint density at radius 1 is 0.960 bits per heavy atom. The Kier molecular flexibility index (Phi) is 4.89.